The fourth-order valence-corrected chi connectivity index (χ4v) is 5.93. The van der Waals surface area contributed by atoms with Crippen LogP contribution in [0, 0.1) is 23.1 Å². The largest absolute Gasteiger partial charge is 0.352 e. The van der Waals surface area contributed by atoms with E-state index in [0.29, 0.717) is 19.5 Å². The molecule has 0 aromatic heterocycles. The van der Waals surface area contributed by atoms with Crippen LogP contribution in [-0.4, -0.2) is 43.8 Å². The van der Waals surface area contributed by atoms with Gasteiger partial charge in [-0.25, -0.2) is 12.8 Å². The summed E-state index contributed by atoms with van der Waals surface area (Å²) in [4.78, 5) is 12.6. The number of hydrogen-bond donors (Lipinski definition) is 2. The van der Waals surface area contributed by atoms with Crippen molar-refractivity contribution < 1.29 is 17.6 Å². The number of nitrogens with two attached hydrogens (primary N) is 1. The molecule has 1 heterocycles. The van der Waals surface area contributed by atoms with E-state index in [9.17, 15) is 17.6 Å². The standard InChI is InChI=1S/C20H30FN3O3S/c1-20(2,3)10-17(22)19(25)23-18-9-4-13-11-24(12-16(13)18)28(26,27)15-7-5-14(21)6-8-15/h5-8,13,16-18H,4,9-12,22H2,1-3H3,(H,23,25)/t13-,16+,17+,18+/m1/s1. The highest BCUT2D eigenvalue weighted by Crippen LogP contribution is 2.40. The average Bonchev–Trinajstić information content (AvgIpc) is 3.16. The monoisotopic (exact) mass is 411 g/mol. The van der Waals surface area contributed by atoms with Crippen LogP contribution in [0.3, 0.4) is 0 Å². The lowest BCUT2D eigenvalue weighted by atomic mass is 9.88. The molecule has 28 heavy (non-hydrogen) atoms. The molecule has 1 amide bonds. The Morgan fingerprint density at radius 2 is 1.89 bits per heavy atom. The lowest BCUT2D eigenvalue weighted by Gasteiger charge is -2.26. The van der Waals surface area contributed by atoms with E-state index < -0.39 is 21.9 Å². The van der Waals surface area contributed by atoms with Gasteiger partial charge in [-0.3, -0.25) is 4.79 Å². The summed E-state index contributed by atoms with van der Waals surface area (Å²) in [6.45, 7) is 6.93. The summed E-state index contributed by atoms with van der Waals surface area (Å²) in [5.74, 6) is -0.326. The Kier molecular flexibility index (Phi) is 5.85. The number of amides is 1. The Morgan fingerprint density at radius 1 is 1.25 bits per heavy atom. The molecule has 1 aliphatic carbocycles. The lowest BCUT2D eigenvalue weighted by molar-refractivity contribution is -0.124. The van der Waals surface area contributed by atoms with Gasteiger partial charge in [-0.1, -0.05) is 20.8 Å². The van der Waals surface area contributed by atoms with E-state index in [4.69, 9.17) is 5.73 Å². The van der Waals surface area contributed by atoms with Crippen LogP contribution in [0.15, 0.2) is 29.2 Å². The molecule has 0 spiro atoms. The maximum absolute atomic E-state index is 13.1. The summed E-state index contributed by atoms with van der Waals surface area (Å²) in [7, 11) is -3.66. The number of sulfonamides is 1. The predicted molar refractivity (Wildman–Crippen MR) is 105 cm³/mol. The highest BCUT2D eigenvalue weighted by molar-refractivity contribution is 7.89. The van der Waals surface area contributed by atoms with Gasteiger partial charge in [0.1, 0.15) is 5.82 Å². The number of nitrogens with zero attached hydrogens (tertiary/aromatic N) is 1. The van der Waals surface area contributed by atoms with Crippen molar-refractivity contribution in [3.63, 3.8) is 0 Å². The first-order valence-electron chi connectivity index (χ1n) is 9.79. The van der Waals surface area contributed by atoms with E-state index >= 15 is 0 Å². The normalized spacial score (nSPS) is 26.8. The predicted octanol–water partition coefficient (Wildman–Crippen LogP) is 2.10. The number of rotatable bonds is 5. The molecule has 156 valence electrons. The third-order valence-corrected chi connectivity index (χ3v) is 7.62. The third-order valence-electron chi connectivity index (χ3n) is 5.77. The number of benzene rings is 1. The Balaban J connectivity index is 1.65. The zero-order valence-corrected chi connectivity index (χ0v) is 17.5. The molecular formula is C20H30FN3O3S. The summed E-state index contributed by atoms with van der Waals surface area (Å²) >= 11 is 0. The molecule has 0 bridgehead atoms. The van der Waals surface area contributed by atoms with Crippen molar-refractivity contribution in [1.82, 2.24) is 9.62 Å². The second kappa shape index (κ2) is 7.72. The van der Waals surface area contributed by atoms with Crippen molar-refractivity contribution in [2.45, 2.75) is 57.0 Å². The second-order valence-corrected chi connectivity index (χ2v) is 11.2. The van der Waals surface area contributed by atoms with Gasteiger partial charge in [0, 0.05) is 19.1 Å². The lowest BCUT2D eigenvalue weighted by Crippen LogP contribution is -2.48. The van der Waals surface area contributed by atoms with E-state index in [1.165, 1.54) is 16.4 Å². The summed E-state index contributed by atoms with van der Waals surface area (Å²) in [6.07, 6.45) is 2.30. The number of nitrogens with one attached hydrogen (secondary N) is 1. The maximum Gasteiger partial charge on any atom is 0.243 e. The molecular weight excluding hydrogens is 381 g/mol. The molecule has 3 rings (SSSR count). The topological polar surface area (TPSA) is 92.5 Å². The zero-order valence-electron chi connectivity index (χ0n) is 16.7. The van der Waals surface area contributed by atoms with Crippen LogP contribution in [0.5, 0.6) is 0 Å². The Labute approximate surface area is 166 Å². The number of halogens is 1. The Hall–Kier alpha value is -1.51. The molecule has 1 aliphatic heterocycles. The fourth-order valence-electron chi connectivity index (χ4n) is 4.40. The first-order valence-corrected chi connectivity index (χ1v) is 11.2. The minimum absolute atomic E-state index is 0.0393. The van der Waals surface area contributed by atoms with Gasteiger partial charge >= 0.3 is 0 Å². The van der Waals surface area contributed by atoms with Gasteiger partial charge in [0.2, 0.25) is 15.9 Å². The van der Waals surface area contributed by atoms with Gasteiger partial charge in [-0.15, -0.1) is 0 Å². The molecule has 3 N–H and O–H groups in total. The molecule has 0 radical (unpaired) electrons. The number of hydrogen-bond acceptors (Lipinski definition) is 4. The molecule has 1 aromatic rings. The zero-order chi connectivity index (χ0) is 20.7. The van der Waals surface area contributed by atoms with Crippen molar-refractivity contribution in [1.29, 1.82) is 0 Å². The maximum atomic E-state index is 13.1. The van der Waals surface area contributed by atoms with E-state index in [-0.39, 0.29) is 34.1 Å². The van der Waals surface area contributed by atoms with Crippen LogP contribution in [0.2, 0.25) is 0 Å². The Morgan fingerprint density at radius 3 is 2.50 bits per heavy atom. The van der Waals surface area contributed by atoms with Crippen LogP contribution in [0.25, 0.3) is 0 Å². The minimum atomic E-state index is -3.66. The SMILES string of the molecule is CC(C)(C)C[C@H](N)C(=O)N[C@H]1CC[C@@H]2CN(S(=O)(=O)c3ccc(F)cc3)C[C@@H]21. The summed E-state index contributed by atoms with van der Waals surface area (Å²) in [6, 6.07) is 4.27. The van der Waals surface area contributed by atoms with Gasteiger partial charge in [0.05, 0.1) is 10.9 Å². The van der Waals surface area contributed by atoms with Crippen LogP contribution in [0.4, 0.5) is 4.39 Å². The number of fused-ring (bicyclic) bond motifs is 1. The fraction of sp³-hybridized carbons (Fsp3) is 0.650. The molecule has 2 aliphatic rings. The van der Waals surface area contributed by atoms with E-state index in [1.54, 1.807) is 0 Å². The van der Waals surface area contributed by atoms with Crippen LogP contribution < -0.4 is 11.1 Å². The molecule has 1 saturated heterocycles. The minimum Gasteiger partial charge on any atom is -0.352 e. The van der Waals surface area contributed by atoms with Crippen LogP contribution in [-0.2, 0) is 14.8 Å². The van der Waals surface area contributed by atoms with E-state index in [1.807, 2.05) is 20.8 Å². The van der Waals surface area contributed by atoms with Crippen LogP contribution in [0.1, 0.15) is 40.0 Å². The molecule has 8 heteroatoms. The molecule has 1 aromatic carbocycles. The van der Waals surface area contributed by atoms with Gasteiger partial charge in [0.25, 0.3) is 0 Å². The van der Waals surface area contributed by atoms with Gasteiger partial charge in [0.15, 0.2) is 0 Å². The van der Waals surface area contributed by atoms with Crippen molar-refractivity contribution in [2.75, 3.05) is 13.1 Å². The van der Waals surface area contributed by atoms with E-state index in [0.717, 1.165) is 25.0 Å². The van der Waals surface area contributed by atoms with Gasteiger partial charge < -0.3 is 11.1 Å². The van der Waals surface area contributed by atoms with Crippen molar-refractivity contribution >= 4 is 15.9 Å². The highest BCUT2D eigenvalue weighted by Gasteiger charge is 2.47. The quantitative estimate of drug-likeness (QED) is 0.776. The van der Waals surface area contributed by atoms with Crippen molar-refractivity contribution in [2.24, 2.45) is 23.0 Å². The number of carbonyl (C=O) groups excluding carboxylic acids is 1. The van der Waals surface area contributed by atoms with Crippen molar-refractivity contribution in [3.05, 3.63) is 30.1 Å². The first kappa shape index (κ1) is 21.2. The molecule has 0 unspecified atom stereocenters. The Bertz CT molecular complexity index is 820. The number of carbonyl (C=O) groups is 1. The van der Waals surface area contributed by atoms with Gasteiger partial charge in [-0.05, 0) is 60.8 Å². The second-order valence-electron chi connectivity index (χ2n) is 9.26. The van der Waals surface area contributed by atoms with Crippen LogP contribution >= 0.6 is 0 Å². The van der Waals surface area contributed by atoms with Gasteiger partial charge in [-0.2, -0.15) is 4.31 Å². The molecule has 1 saturated carbocycles. The van der Waals surface area contributed by atoms with E-state index in [2.05, 4.69) is 5.32 Å². The summed E-state index contributed by atoms with van der Waals surface area (Å²) in [5.41, 5.74) is 6.02. The smallest absolute Gasteiger partial charge is 0.243 e. The molecule has 6 nitrogen and oxygen atoms in total. The molecule has 2 fully saturated rings. The van der Waals surface area contributed by atoms with Crippen molar-refractivity contribution in [3.8, 4) is 0 Å². The summed E-state index contributed by atoms with van der Waals surface area (Å²) < 4.78 is 40.3. The highest BCUT2D eigenvalue weighted by atomic mass is 32.2. The summed E-state index contributed by atoms with van der Waals surface area (Å²) in [5, 5.41) is 3.06. The molecule has 4 atom stereocenters. The third kappa shape index (κ3) is 4.55. The first-order chi connectivity index (χ1) is 13.0. The average molecular weight is 412 g/mol.